The summed E-state index contributed by atoms with van der Waals surface area (Å²) in [6, 6.07) is 18.1. The maximum atomic E-state index is 12.6. The van der Waals surface area contributed by atoms with E-state index in [-0.39, 0.29) is 24.1 Å². The quantitative estimate of drug-likeness (QED) is 0.587. The molecular weight excluding hydrogens is 378 g/mol. The molecule has 0 aliphatic carbocycles. The van der Waals surface area contributed by atoms with Gasteiger partial charge in [-0.2, -0.15) is 0 Å². The average Bonchev–Trinajstić information content (AvgIpc) is 2.75. The van der Waals surface area contributed by atoms with E-state index in [0.717, 1.165) is 11.1 Å². The van der Waals surface area contributed by atoms with Gasteiger partial charge in [0.05, 0.1) is 23.9 Å². The first kappa shape index (κ1) is 21.6. The van der Waals surface area contributed by atoms with Crippen LogP contribution in [0.1, 0.15) is 43.0 Å². The molecule has 0 radical (unpaired) electrons. The first-order valence-corrected chi connectivity index (χ1v) is 10.5. The summed E-state index contributed by atoms with van der Waals surface area (Å²) in [5, 5.41) is 7.80. The number of hydrogen-bond acceptors (Lipinski definition) is 3. The zero-order chi connectivity index (χ0) is 21.5. The predicted molar refractivity (Wildman–Crippen MR) is 116 cm³/mol. The van der Waals surface area contributed by atoms with Gasteiger partial charge >= 0.3 is 12.0 Å². The van der Waals surface area contributed by atoms with E-state index >= 15 is 0 Å². The lowest BCUT2D eigenvalue weighted by molar-refractivity contribution is -0.680. The molecule has 0 bridgehead atoms. The molecule has 0 saturated carbocycles. The van der Waals surface area contributed by atoms with Crippen LogP contribution in [-0.4, -0.2) is 31.2 Å². The van der Waals surface area contributed by atoms with Crippen molar-refractivity contribution in [2.75, 3.05) is 13.2 Å². The molecule has 0 fully saturated rings. The van der Waals surface area contributed by atoms with Gasteiger partial charge in [0.15, 0.2) is 0 Å². The van der Waals surface area contributed by atoms with E-state index in [1.54, 1.807) is 6.92 Å². The fourth-order valence-electron chi connectivity index (χ4n) is 3.76. The molecule has 2 atom stereocenters. The van der Waals surface area contributed by atoms with Crippen molar-refractivity contribution in [1.82, 2.24) is 10.6 Å². The molecule has 1 aliphatic heterocycles. The third-order valence-corrected chi connectivity index (χ3v) is 5.30. The van der Waals surface area contributed by atoms with Crippen molar-refractivity contribution in [3.63, 3.8) is 0 Å². The molecule has 6 heteroatoms. The number of aryl methyl sites for hydroxylation is 1. The smallest absolute Gasteiger partial charge is 0.338 e. The molecule has 2 aromatic rings. The van der Waals surface area contributed by atoms with E-state index in [1.165, 1.54) is 5.56 Å². The normalized spacial score (nSPS) is 17.2. The van der Waals surface area contributed by atoms with Crippen LogP contribution in [0.5, 0.6) is 0 Å². The number of carbonyl (C=O) groups is 2. The van der Waals surface area contributed by atoms with Gasteiger partial charge in [-0.15, -0.1) is 0 Å². The van der Waals surface area contributed by atoms with E-state index in [4.69, 9.17) is 4.74 Å². The highest BCUT2D eigenvalue weighted by molar-refractivity contribution is 5.94. The Bertz CT molecular complexity index is 907. The highest BCUT2D eigenvalue weighted by atomic mass is 16.5. The minimum absolute atomic E-state index is 0.0367. The lowest BCUT2D eigenvalue weighted by Crippen LogP contribution is -2.86. The summed E-state index contributed by atoms with van der Waals surface area (Å²) < 4.78 is 5.27. The monoisotopic (exact) mass is 408 g/mol. The van der Waals surface area contributed by atoms with Gasteiger partial charge in [-0.1, -0.05) is 67.1 Å². The molecular formula is C24H30N3O3+. The highest BCUT2D eigenvalue weighted by Gasteiger charge is 2.32. The van der Waals surface area contributed by atoms with E-state index in [9.17, 15) is 9.59 Å². The van der Waals surface area contributed by atoms with Crippen LogP contribution in [0.3, 0.4) is 0 Å². The molecule has 0 aromatic heterocycles. The predicted octanol–water partition coefficient (Wildman–Crippen LogP) is 2.56. The molecule has 4 N–H and O–H groups in total. The summed E-state index contributed by atoms with van der Waals surface area (Å²) in [6.07, 6.45) is 0.616. The Hall–Kier alpha value is -3.12. The van der Waals surface area contributed by atoms with Gasteiger partial charge in [0, 0.05) is 11.1 Å². The molecule has 30 heavy (non-hydrogen) atoms. The molecule has 158 valence electrons. The molecule has 0 spiro atoms. The Kier molecular flexibility index (Phi) is 7.25. The maximum Gasteiger partial charge on any atom is 0.338 e. The zero-order valence-corrected chi connectivity index (χ0v) is 17.8. The van der Waals surface area contributed by atoms with Gasteiger partial charge in [0.2, 0.25) is 0 Å². The number of ether oxygens (including phenoxy) is 1. The van der Waals surface area contributed by atoms with Crippen LogP contribution >= 0.6 is 0 Å². The molecule has 1 aliphatic rings. The number of esters is 1. The number of nitrogens with one attached hydrogen (secondary N) is 2. The Morgan fingerprint density at radius 3 is 2.37 bits per heavy atom. The Morgan fingerprint density at radius 1 is 1.07 bits per heavy atom. The fraction of sp³-hybridized carbons (Fsp3) is 0.333. The number of quaternary nitrogens is 1. The Labute approximate surface area is 177 Å². The summed E-state index contributed by atoms with van der Waals surface area (Å²) >= 11 is 0. The Balaban J connectivity index is 1.92. The molecule has 1 heterocycles. The Morgan fingerprint density at radius 2 is 1.73 bits per heavy atom. The molecule has 3 rings (SSSR count). The van der Waals surface area contributed by atoms with Crippen molar-refractivity contribution in [1.29, 1.82) is 0 Å². The van der Waals surface area contributed by atoms with Crippen LogP contribution in [0.15, 0.2) is 65.9 Å². The average molecular weight is 409 g/mol. The van der Waals surface area contributed by atoms with Crippen molar-refractivity contribution in [2.45, 2.75) is 39.3 Å². The lowest BCUT2D eigenvalue weighted by atomic mass is 9.96. The third kappa shape index (κ3) is 5.07. The SMILES string of the molecule is CCOC(=O)C1=C(C[NH2+][C@H](c2ccccc2)c2ccc(C)cc2)NC(=O)N[C@@H]1CC. The van der Waals surface area contributed by atoms with Crippen molar-refractivity contribution in [3.8, 4) is 0 Å². The largest absolute Gasteiger partial charge is 0.463 e. The van der Waals surface area contributed by atoms with Crippen LogP contribution in [-0.2, 0) is 9.53 Å². The lowest BCUT2D eigenvalue weighted by Gasteiger charge is -2.28. The van der Waals surface area contributed by atoms with Gasteiger partial charge in [0.25, 0.3) is 0 Å². The zero-order valence-electron chi connectivity index (χ0n) is 17.8. The minimum Gasteiger partial charge on any atom is -0.463 e. The summed E-state index contributed by atoms with van der Waals surface area (Å²) in [5.74, 6) is -0.383. The van der Waals surface area contributed by atoms with Crippen LogP contribution in [0.25, 0.3) is 0 Å². The second kappa shape index (κ2) is 10.1. The minimum atomic E-state index is -0.383. The standard InChI is InChI=1S/C24H29N3O3/c1-4-19-21(23(28)30-5-2)20(27-24(29)26-19)15-25-22(17-9-7-6-8-10-17)18-13-11-16(3)12-14-18/h6-14,19,22,25H,4-5,15H2,1-3H3,(H2,26,27,29)/p+1/t19-,22-/m1/s1. The van der Waals surface area contributed by atoms with Crippen LogP contribution in [0.2, 0.25) is 0 Å². The van der Waals surface area contributed by atoms with E-state index < -0.39 is 0 Å². The summed E-state index contributed by atoms with van der Waals surface area (Å²) in [4.78, 5) is 24.8. The highest BCUT2D eigenvalue weighted by Crippen LogP contribution is 2.20. The van der Waals surface area contributed by atoms with Crippen LogP contribution in [0.4, 0.5) is 4.79 Å². The number of carbonyl (C=O) groups excluding carboxylic acids is 2. The number of urea groups is 1. The van der Waals surface area contributed by atoms with Crippen LogP contribution in [0, 0.1) is 6.92 Å². The second-order valence-electron chi connectivity index (χ2n) is 7.41. The van der Waals surface area contributed by atoms with Crippen LogP contribution < -0.4 is 16.0 Å². The van der Waals surface area contributed by atoms with Crippen molar-refractivity contribution < 1.29 is 19.6 Å². The molecule has 0 saturated heterocycles. The maximum absolute atomic E-state index is 12.6. The van der Waals surface area contributed by atoms with E-state index in [2.05, 4.69) is 59.3 Å². The van der Waals surface area contributed by atoms with Gasteiger partial charge in [-0.05, 0) is 20.3 Å². The van der Waals surface area contributed by atoms with Crippen molar-refractivity contribution in [2.24, 2.45) is 0 Å². The first-order valence-electron chi connectivity index (χ1n) is 10.5. The number of benzene rings is 2. The van der Waals surface area contributed by atoms with Gasteiger partial charge in [-0.3, -0.25) is 0 Å². The topological polar surface area (TPSA) is 84.0 Å². The summed E-state index contributed by atoms with van der Waals surface area (Å²) in [6.45, 7) is 6.53. The van der Waals surface area contributed by atoms with Gasteiger partial charge in [-0.25, -0.2) is 9.59 Å². The van der Waals surface area contributed by atoms with Gasteiger partial charge in [0.1, 0.15) is 12.6 Å². The van der Waals surface area contributed by atoms with Gasteiger partial charge < -0.3 is 20.7 Å². The number of hydrogen-bond donors (Lipinski definition) is 3. The summed E-state index contributed by atoms with van der Waals surface area (Å²) in [7, 11) is 0. The number of rotatable bonds is 8. The first-order chi connectivity index (χ1) is 14.5. The number of nitrogens with two attached hydrogens (primary N) is 1. The van der Waals surface area contributed by atoms with E-state index in [0.29, 0.717) is 30.8 Å². The van der Waals surface area contributed by atoms with E-state index in [1.807, 2.05) is 25.1 Å². The van der Waals surface area contributed by atoms with Crippen molar-refractivity contribution in [3.05, 3.63) is 82.6 Å². The molecule has 0 unspecified atom stereocenters. The molecule has 2 amide bonds. The third-order valence-electron chi connectivity index (χ3n) is 5.30. The molecule has 6 nitrogen and oxygen atoms in total. The number of amides is 2. The fourth-order valence-corrected chi connectivity index (χ4v) is 3.76. The van der Waals surface area contributed by atoms with Crippen molar-refractivity contribution >= 4 is 12.0 Å². The second-order valence-corrected chi connectivity index (χ2v) is 7.41. The molecule has 2 aromatic carbocycles. The summed E-state index contributed by atoms with van der Waals surface area (Å²) in [5.41, 5.74) is 4.64.